The summed E-state index contributed by atoms with van der Waals surface area (Å²) in [5, 5.41) is 0.593. The molecule has 1 atom stereocenters. The van der Waals surface area contributed by atoms with E-state index in [0.29, 0.717) is 17.4 Å². The molecule has 0 fully saturated rings. The van der Waals surface area contributed by atoms with Gasteiger partial charge in [-0.2, -0.15) is 0 Å². The molecule has 84 valence electrons. The van der Waals surface area contributed by atoms with Gasteiger partial charge in [0.25, 0.3) is 0 Å². The molecule has 0 saturated heterocycles. The Kier molecular flexibility index (Phi) is 4.08. The quantitative estimate of drug-likeness (QED) is 0.833. The number of benzene rings is 1. The number of rotatable bonds is 1. The Morgan fingerprint density at radius 1 is 1.53 bits per heavy atom. The van der Waals surface area contributed by atoms with Gasteiger partial charge in [-0.05, 0) is 12.1 Å². The maximum atomic E-state index is 6.00. The third-order valence-corrected chi connectivity index (χ3v) is 2.67. The van der Waals surface area contributed by atoms with Crippen LogP contribution in [0.1, 0.15) is 18.0 Å². The van der Waals surface area contributed by atoms with E-state index in [4.69, 9.17) is 26.8 Å². The normalized spacial score (nSPS) is 18.5. The number of halogens is 2. The number of fused-ring (bicyclic) bond motifs is 1. The zero-order chi connectivity index (χ0) is 10.1. The molecule has 0 unspecified atom stereocenters. The number of methoxy groups -OCH3 is 1. The van der Waals surface area contributed by atoms with Gasteiger partial charge in [0.1, 0.15) is 11.5 Å². The van der Waals surface area contributed by atoms with Gasteiger partial charge in [-0.3, -0.25) is 0 Å². The predicted octanol–water partition coefficient (Wildman–Crippen LogP) is 2.55. The van der Waals surface area contributed by atoms with E-state index in [9.17, 15) is 0 Å². The summed E-state index contributed by atoms with van der Waals surface area (Å²) in [4.78, 5) is 0. The number of nitrogens with two attached hydrogens (primary N) is 1. The highest BCUT2D eigenvalue weighted by atomic mass is 35.5. The molecule has 1 aromatic rings. The molecule has 3 nitrogen and oxygen atoms in total. The molecule has 1 heterocycles. The van der Waals surface area contributed by atoms with Gasteiger partial charge >= 0.3 is 0 Å². The molecule has 0 amide bonds. The van der Waals surface area contributed by atoms with Crippen LogP contribution in [0.15, 0.2) is 12.1 Å². The van der Waals surface area contributed by atoms with Gasteiger partial charge in [0.05, 0.1) is 24.3 Å². The van der Waals surface area contributed by atoms with Crippen LogP contribution in [-0.4, -0.2) is 13.7 Å². The van der Waals surface area contributed by atoms with Crippen molar-refractivity contribution in [2.45, 2.75) is 12.5 Å². The lowest BCUT2D eigenvalue weighted by molar-refractivity contribution is 0.263. The Labute approximate surface area is 99.9 Å². The summed E-state index contributed by atoms with van der Waals surface area (Å²) in [5.74, 6) is 1.42. The minimum atomic E-state index is -0.0487. The van der Waals surface area contributed by atoms with E-state index < -0.39 is 0 Å². The summed E-state index contributed by atoms with van der Waals surface area (Å²) in [7, 11) is 1.62. The van der Waals surface area contributed by atoms with Crippen molar-refractivity contribution in [1.29, 1.82) is 0 Å². The van der Waals surface area contributed by atoms with E-state index in [1.807, 2.05) is 6.07 Å². The molecule has 1 aromatic carbocycles. The highest BCUT2D eigenvalue weighted by molar-refractivity contribution is 6.32. The van der Waals surface area contributed by atoms with Crippen LogP contribution in [0, 0.1) is 0 Å². The van der Waals surface area contributed by atoms with Gasteiger partial charge in [-0.15, -0.1) is 12.4 Å². The fourth-order valence-corrected chi connectivity index (χ4v) is 1.88. The van der Waals surface area contributed by atoms with Crippen LogP contribution in [0.2, 0.25) is 5.02 Å². The minimum Gasteiger partial charge on any atom is -0.496 e. The smallest absolute Gasteiger partial charge is 0.146 e. The van der Waals surface area contributed by atoms with E-state index >= 15 is 0 Å². The maximum Gasteiger partial charge on any atom is 0.146 e. The van der Waals surface area contributed by atoms with Crippen molar-refractivity contribution in [3.8, 4) is 11.5 Å². The van der Waals surface area contributed by atoms with E-state index in [-0.39, 0.29) is 18.4 Å². The Hall–Kier alpha value is -0.640. The number of hydrogen-bond donors (Lipinski definition) is 1. The molecule has 2 N–H and O–H groups in total. The van der Waals surface area contributed by atoms with Gasteiger partial charge < -0.3 is 15.2 Å². The second kappa shape index (κ2) is 4.92. The van der Waals surface area contributed by atoms with Gasteiger partial charge in [0.15, 0.2) is 0 Å². The first-order valence-corrected chi connectivity index (χ1v) is 4.86. The number of hydrogen-bond acceptors (Lipinski definition) is 3. The molecular formula is C10H13Cl2NO2. The summed E-state index contributed by atoms with van der Waals surface area (Å²) >= 11 is 6.00. The topological polar surface area (TPSA) is 44.5 Å². The average molecular weight is 250 g/mol. The molecule has 0 saturated carbocycles. The molecule has 2 rings (SSSR count). The molecule has 0 radical (unpaired) electrons. The van der Waals surface area contributed by atoms with Crippen molar-refractivity contribution in [3.63, 3.8) is 0 Å². The Bertz CT molecular complexity index is 358. The van der Waals surface area contributed by atoms with E-state index in [1.54, 1.807) is 13.2 Å². The fourth-order valence-electron chi connectivity index (χ4n) is 1.66. The second-order valence-electron chi connectivity index (χ2n) is 3.24. The Morgan fingerprint density at radius 2 is 2.27 bits per heavy atom. The van der Waals surface area contributed by atoms with Crippen molar-refractivity contribution >= 4 is 24.0 Å². The Balaban J connectivity index is 0.00000112. The Morgan fingerprint density at radius 3 is 2.93 bits per heavy atom. The first-order chi connectivity index (χ1) is 6.74. The van der Waals surface area contributed by atoms with Crippen LogP contribution in [0.25, 0.3) is 0 Å². The van der Waals surface area contributed by atoms with Crippen LogP contribution in [0.3, 0.4) is 0 Å². The third kappa shape index (κ3) is 2.14. The third-order valence-electron chi connectivity index (χ3n) is 2.37. The van der Waals surface area contributed by atoms with E-state index in [1.165, 1.54) is 0 Å². The highest BCUT2D eigenvalue weighted by Crippen LogP contribution is 2.42. The van der Waals surface area contributed by atoms with Crippen molar-refractivity contribution in [2.24, 2.45) is 5.73 Å². The van der Waals surface area contributed by atoms with Crippen molar-refractivity contribution in [2.75, 3.05) is 13.7 Å². The first-order valence-electron chi connectivity index (χ1n) is 4.49. The molecule has 1 aliphatic rings. The molecule has 0 aliphatic carbocycles. The molecule has 0 spiro atoms. The molecule has 5 heteroatoms. The second-order valence-corrected chi connectivity index (χ2v) is 3.64. The SMILES string of the molecule is COc1ccc(Cl)c2c1[C@H](N)CCO2.Cl. The molecule has 15 heavy (non-hydrogen) atoms. The predicted molar refractivity (Wildman–Crippen MR) is 62.3 cm³/mol. The first kappa shape index (κ1) is 12.4. The minimum absolute atomic E-state index is 0. The van der Waals surface area contributed by atoms with Crippen LogP contribution in [0.5, 0.6) is 11.5 Å². The van der Waals surface area contributed by atoms with E-state index in [0.717, 1.165) is 17.7 Å². The van der Waals surface area contributed by atoms with Crippen molar-refractivity contribution < 1.29 is 9.47 Å². The molecule has 0 bridgehead atoms. The van der Waals surface area contributed by atoms with E-state index in [2.05, 4.69) is 0 Å². The summed E-state index contributed by atoms with van der Waals surface area (Å²) in [6, 6.07) is 3.53. The van der Waals surface area contributed by atoms with Crippen LogP contribution in [0.4, 0.5) is 0 Å². The average Bonchev–Trinajstić information content (AvgIpc) is 2.20. The lowest BCUT2D eigenvalue weighted by Gasteiger charge is -2.25. The summed E-state index contributed by atoms with van der Waals surface area (Å²) in [5.41, 5.74) is 6.85. The summed E-state index contributed by atoms with van der Waals surface area (Å²) < 4.78 is 10.7. The number of ether oxygens (including phenoxy) is 2. The molecular weight excluding hydrogens is 237 g/mol. The van der Waals surface area contributed by atoms with Crippen molar-refractivity contribution in [3.05, 3.63) is 22.7 Å². The van der Waals surface area contributed by atoms with Crippen LogP contribution < -0.4 is 15.2 Å². The summed E-state index contributed by atoms with van der Waals surface area (Å²) in [6.07, 6.45) is 0.795. The highest BCUT2D eigenvalue weighted by Gasteiger charge is 2.24. The van der Waals surface area contributed by atoms with Gasteiger partial charge in [-0.1, -0.05) is 11.6 Å². The van der Waals surface area contributed by atoms with Gasteiger partial charge in [0, 0.05) is 12.5 Å². The summed E-state index contributed by atoms with van der Waals surface area (Å²) in [6.45, 7) is 0.612. The van der Waals surface area contributed by atoms with Crippen LogP contribution >= 0.6 is 24.0 Å². The zero-order valence-corrected chi connectivity index (χ0v) is 9.90. The monoisotopic (exact) mass is 249 g/mol. The lowest BCUT2D eigenvalue weighted by Crippen LogP contribution is -2.21. The van der Waals surface area contributed by atoms with Crippen molar-refractivity contribution in [1.82, 2.24) is 0 Å². The maximum absolute atomic E-state index is 6.00. The molecule has 0 aromatic heterocycles. The van der Waals surface area contributed by atoms with Gasteiger partial charge in [0.2, 0.25) is 0 Å². The van der Waals surface area contributed by atoms with Crippen LogP contribution in [-0.2, 0) is 0 Å². The van der Waals surface area contributed by atoms with Gasteiger partial charge in [-0.25, -0.2) is 0 Å². The zero-order valence-electron chi connectivity index (χ0n) is 8.33. The fraction of sp³-hybridized carbons (Fsp3) is 0.400. The largest absolute Gasteiger partial charge is 0.496 e. The lowest BCUT2D eigenvalue weighted by atomic mass is 10.0. The molecule has 1 aliphatic heterocycles. The standard InChI is InChI=1S/C10H12ClNO2.ClH/c1-13-8-3-2-6(11)10-9(8)7(12)4-5-14-10;/h2-3,7H,4-5,12H2,1H3;1H/t7-;/m1./s1.